The lowest BCUT2D eigenvalue weighted by atomic mass is 9.96. The molecule has 8 heteroatoms. The Morgan fingerprint density at radius 2 is 1.96 bits per heavy atom. The van der Waals surface area contributed by atoms with Gasteiger partial charge in [0.15, 0.2) is 0 Å². The Kier molecular flexibility index (Phi) is 5.70. The minimum absolute atomic E-state index is 0.0229. The molecule has 1 atom stereocenters. The van der Waals surface area contributed by atoms with Gasteiger partial charge in [-0.3, -0.25) is 4.79 Å². The highest BCUT2D eigenvalue weighted by Gasteiger charge is 2.33. The molecule has 26 heavy (non-hydrogen) atoms. The molecule has 2 saturated heterocycles. The van der Waals surface area contributed by atoms with Crippen LogP contribution in [0, 0.1) is 11.8 Å². The number of amides is 1. The van der Waals surface area contributed by atoms with E-state index in [1.807, 2.05) is 7.05 Å². The van der Waals surface area contributed by atoms with Crippen LogP contribution in [0.5, 0.6) is 5.88 Å². The minimum Gasteiger partial charge on any atom is -0.477 e. The van der Waals surface area contributed by atoms with E-state index in [9.17, 15) is 18.0 Å². The molecule has 144 valence electrons. The molecule has 0 aliphatic carbocycles. The van der Waals surface area contributed by atoms with Gasteiger partial charge >= 0.3 is 6.18 Å². The molecule has 1 aromatic rings. The Hall–Kier alpha value is -1.83. The fourth-order valence-corrected chi connectivity index (χ4v) is 3.64. The molecule has 3 rings (SSSR count). The molecule has 0 aromatic carbocycles. The predicted octanol–water partition coefficient (Wildman–Crippen LogP) is 2.67. The molecule has 2 aliphatic rings. The SMILES string of the molecule is CN1CC(CN2CCC(COc3cccc(C(F)(F)F)n3)CC2)CC1=O. The van der Waals surface area contributed by atoms with Crippen LogP contribution in [0.3, 0.4) is 0 Å². The van der Waals surface area contributed by atoms with Gasteiger partial charge in [-0.15, -0.1) is 0 Å². The number of pyridine rings is 1. The van der Waals surface area contributed by atoms with Crippen molar-refractivity contribution in [1.29, 1.82) is 0 Å². The Labute approximate surface area is 151 Å². The highest BCUT2D eigenvalue weighted by Crippen LogP contribution is 2.29. The highest BCUT2D eigenvalue weighted by molar-refractivity contribution is 5.78. The zero-order valence-corrected chi connectivity index (χ0v) is 14.8. The minimum atomic E-state index is -4.46. The lowest BCUT2D eigenvalue weighted by molar-refractivity contribution is -0.141. The third-order valence-electron chi connectivity index (χ3n) is 5.13. The van der Waals surface area contributed by atoms with Gasteiger partial charge in [0, 0.05) is 32.6 Å². The van der Waals surface area contributed by atoms with Crippen LogP contribution in [0.15, 0.2) is 18.2 Å². The summed E-state index contributed by atoms with van der Waals surface area (Å²) >= 11 is 0. The van der Waals surface area contributed by atoms with E-state index in [2.05, 4.69) is 9.88 Å². The molecule has 1 unspecified atom stereocenters. The summed E-state index contributed by atoms with van der Waals surface area (Å²) in [5, 5.41) is 0. The van der Waals surface area contributed by atoms with Crippen molar-refractivity contribution < 1.29 is 22.7 Å². The first-order chi connectivity index (χ1) is 12.3. The third kappa shape index (κ3) is 4.87. The molecule has 0 spiro atoms. The summed E-state index contributed by atoms with van der Waals surface area (Å²) in [5.74, 6) is 0.951. The fourth-order valence-electron chi connectivity index (χ4n) is 3.64. The van der Waals surface area contributed by atoms with Crippen molar-refractivity contribution in [2.45, 2.75) is 25.4 Å². The van der Waals surface area contributed by atoms with Crippen LogP contribution < -0.4 is 4.74 Å². The molecule has 0 radical (unpaired) electrons. The van der Waals surface area contributed by atoms with Crippen molar-refractivity contribution in [3.05, 3.63) is 23.9 Å². The van der Waals surface area contributed by atoms with Gasteiger partial charge in [0.25, 0.3) is 0 Å². The highest BCUT2D eigenvalue weighted by atomic mass is 19.4. The summed E-state index contributed by atoms with van der Waals surface area (Å²) in [6.07, 6.45) is -1.95. The van der Waals surface area contributed by atoms with E-state index in [4.69, 9.17) is 4.74 Å². The topological polar surface area (TPSA) is 45.7 Å². The van der Waals surface area contributed by atoms with E-state index in [0.29, 0.717) is 24.9 Å². The fraction of sp³-hybridized carbons (Fsp3) is 0.667. The van der Waals surface area contributed by atoms with Crippen molar-refractivity contribution in [2.75, 3.05) is 39.8 Å². The van der Waals surface area contributed by atoms with E-state index in [0.717, 1.165) is 45.1 Å². The first-order valence-corrected chi connectivity index (χ1v) is 8.94. The van der Waals surface area contributed by atoms with Gasteiger partial charge in [0.1, 0.15) is 5.69 Å². The number of hydrogen-bond acceptors (Lipinski definition) is 4. The number of nitrogens with zero attached hydrogens (tertiary/aromatic N) is 3. The Morgan fingerprint density at radius 1 is 1.23 bits per heavy atom. The van der Waals surface area contributed by atoms with Gasteiger partial charge < -0.3 is 14.5 Å². The lowest BCUT2D eigenvalue weighted by Crippen LogP contribution is -2.39. The molecule has 1 amide bonds. The van der Waals surface area contributed by atoms with Crippen molar-refractivity contribution in [3.63, 3.8) is 0 Å². The number of likely N-dealkylation sites (tertiary alicyclic amines) is 2. The average molecular weight is 371 g/mol. The normalized spacial score (nSPS) is 22.8. The number of rotatable bonds is 5. The monoisotopic (exact) mass is 371 g/mol. The van der Waals surface area contributed by atoms with Crippen LogP contribution in [0.1, 0.15) is 25.0 Å². The lowest BCUT2D eigenvalue weighted by Gasteiger charge is -2.33. The quantitative estimate of drug-likeness (QED) is 0.798. The van der Waals surface area contributed by atoms with Gasteiger partial charge in [-0.2, -0.15) is 13.2 Å². The molecule has 2 aliphatic heterocycles. The smallest absolute Gasteiger partial charge is 0.433 e. The maximum atomic E-state index is 12.7. The number of hydrogen-bond donors (Lipinski definition) is 0. The average Bonchev–Trinajstić information content (AvgIpc) is 2.91. The number of halogens is 3. The summed E-state index contributed by atoms with van der Waals surface area (Å²) in [4.78, 5) is 19.3. The zero-order valence-electron chi connectivity index (χ0n) is 14.8. The summed E-state index contributed by atoms with van der Waals surface area (Å²) in [6, 6.07) is 3.71. The van der Waals surface area contributed by atoms with E-state index >= 15 is 0 Å². The molecule has 0 saturated carbocycles. The van der Waals surface area contributed by atoms with E-state index < -0.39 is 11.9 Å². The number of aromatic nitrogens is 1. The van der Waals surface area contributed by atoms with Crippen molar-refractivity contribution >= 4 is 5.91 Å². The number of ether oxygens (including phenoxy) is 1. The van der Waals surface area contributed by atoms with Gasteiger partial charge in [0.05, 0.1) is 6.61 Å². The molecule has 1 aromatic heterocycles. The van der Waals surface area contributed by atoms with Gasteiger partial charge in [-0.1, -0.05) is 6.07 Å². The van der Waals surface area contributed by atoms with E-state index in [-0.39, 0.29) is 11.8 Å². The number of carbonyl (C=O) groups excluding carboxylic acids is 1. The predicted molar refractivity (Wildman–Crippen MR) is 89.6 cm³/mol. The van der Waals surface area contributed by atoms with Crippen LogP contribution in [-0.4, -0.2) is 60.5 Å². The second-order valence-electron chi connectivity index (χ2n) is 7.26. The van der Waals surface area contributed by atoms with E-state index in [1.165, 1.54) is 12.1 Å². The Morgan fingerprint density at radius 3 is 2.58 bits per heavy atom. The summed E-state index contributed by atoms with van der Waals surface area (Å²) < 4.78 is 43.5. The Bertz CT molecular complexity index is 630. The zero-order chi connectivity index (χ0) is 18.7. The van der Waals surface area contributed by atoms with Crippen LogP contribution in [0.2, 0.25) is 0 Å². The summed E-state index contributed by atoms with van der Waals surface area (Å²) in [6.45, 7) is 3.99. The maximum Gasteiger partial charge on any atom is 0.433 e. The van der Waals surface area contributed by atoms with Gasteiger partial charge in [-0.25, -0.2) is 4.98 Å². The molecule has 0 N–H and O–H groups in total. The van der Waals surface area contributed by atoms with Gasteiger partial charge in [0.2, 0.25) is 11.8 Å². The third-order valence-corrected chi connectivity index (χ3v) is 5.13. The number of carbonyl (C=O) groups is 1. The standard InChI is InChI=1S/C18H24F3N3O2/c1-23-10-14(9-17(23)25)11-24-7-5-13(6-8-24)12-26-16-4-2-3-15(22-16)18(19,20)21/h2-4,13-14H,5-12H2,1H3. The second kappa shape index (κ2) is 7.82. The van der Waals surface area contributed by atoms with Crippen LogP contribution in [-0.2, 0) is 11.0 Å². The summed E-state index contributed by atoms with van der Waals surface area (Å²) in [7, 11) is 1.84. The maximum absolute atomic E-state index is 12.7. The molecular formula is C18H24F3N3O2. The number of alkyl halides is 3. The van der Waals surface area contributed by atoms with Crippen LogP contribution in [0.4, 0.5) is 13.2 Å². The molecule has 0 bridgehead atoms. The van der Waals surface area contributed by atoms with Crippen LogP contribution >= 0.6 is 0 Å². The molecule has 2 fully saturated rings. The van der Waals surface area contributed by atoms with Crippen LogP contribution in [0.25, 0.3) is 0 Å². The summed E-state index contributed by atoms with van der Waals surface area (Å²) in [5.41, 5.74) is -0.930. The second-order valence-corrected chi connectivity index (χ2v) is 7.26. The van der Waals surface area contributed by atoms with E-state index in [1.54, 1.807) is 4.90 Å². The first kappa shape index (κ1) is 18.9. The van der Waals surface area contributed by atoms with Crippen molar-refractivity contribution in [2.24, 2.45) is 11.8 Å². The largest absolute Gasteiger partial charge is 0.477 e. The Balaban J connectivity index is 1.41. The van der Waals surface area contributed by atoms with Gasteiger partial charge in [-0.05, 0) is 43.8 Å². The van der Waals surface area contributed by atoms with Crippen molar-refractivity contribution in [1.82, 2.24) is 14.8 Å². The van der Waals surface area contributed by atoms with Crippen molar-refractivity contribution in [3.8, 4) is 5.88 Å². The number of piperidine rings is 1. The molecule has 5 nitrogen and oxygen atoms in total. The molecule has 3 heterocycles. The molecular weight excluding hydrogens is 347 g/mol. The first-order valence-electron chi connectivity index (χ1n) is 8.94.